The van der Waals surface area contributed by atoms with Crippen LogP contribution in [0, 0.1) is 6.92 Å². The molecule has 0 radical (unpaired) electrons. The van der Waals surface area contributed by atoms with Gasteiger partial charge in [-0.25, -0.2) is 9.50 Å². The van der Waals surface area contributed by atoms with Gasteiger partial charge in [-0.05, 0) is 6.07 Å². The Balaban J connectivity index is 1.83. The van der Waals surface area contributed by atoms with Crippen molar-refractivity contribution in [1.29, 1.82) is 0 Å². The molecule has 17 heavy (non-hydrogen) atoms. The molecule has 0 saturated carbocycles. The molecule has 0 fully saturated rings. The van der Waals surface area contributed by atoms with E-state index in [1.807, 2.05) is 6.07 Å². The number of hydrogen-bond donors (Lipinski definition) is 1. The van der Waals surface area contributed by atoms with Crippen LogP contribution in [0.2, 0.25) is 0 Å². The first kappa shape index (κ1) is 9.76. The summed E-state index contributed by atoms with van der Waals surface area (Å²) < 4.78 is 6.63. The molecule has 0 aliphatic rings. The molecule has 0 spiro atoms. The van der Waals surface area contributed by atoms with Crippen LogP contribution in [0.4, 0.5) is 5.82 Å². The summed E-state index contributed by atoms with van der Waals surface area (Å²) in [6, 6.07) is 1.89. The zero-order valence-corrected chi connectivity index (χ0v) is 9.16. The molecule has 7 nitrogen and oxygen atoms in total. The Morgan fingerprint density at radius 3 is 3.18 bits per heavy atom. The molecule has 0 bridgehead atoms. The third-order valence-corrected chi connectivity index (χ3v) is 2.31. The lowest BCUT2D eigenvalue weighted by Crippen LogP contribution is -2.04. The number of aromatic nitrogens is 5. The lowest BCUT2D eigenvalue weighted by Gasteiger charge is -2.03. The highest BCUT2D eigenvalue weighted by Gasteiger charge is 2.05. The summed E-state index contributed by atoms with van der Waals surface area (Å²) in [7, 11) is 0. The fourth-order valence-corrected chi connectivity index (χ4v) is 1.57. The summed E-state index contributed by atoms with van der Waals surface area (Å²) >= 11 is 0. The van der Waals surface area contributed by atoms with Crippen LogP contribution in [0.25, 0.3) is 5.52 Å². The number of hydrogen-bond acceptors (Lipinski definition) is 6. The second kappa shape index (κ2) is 3.85. The number of aryl methyl sites for hydroxylation is 1. The molecule has 0 amide bonds. The Labute approximate surface area is 96.5 Å². The van der Waals surface area contributed by atoms with Gasteiger partial charge in [-0.3, -0.25) is 0 Å². The van der Waals surface area contributed by atoms with Crippen LogP contribution in [-0.2, 0) is 6.54 Å². The molecule has 0 aromatic carbocycles. The monoisotopic (exact) mass is 230 g/mol. The summed E-state index contributed by atoms with van der Waals surface area (Å²) in [5.41, 5.74) is 0.910. The quantitative estimate of drug-likeness (QED) is 0.723. The molecule has 86 valence electrons. The molecule has 0 aliphatic heterocycles. The van der Waals surface area contributed by atoms with E-state index in [0.29, 0.717) is 18.3 Å². The average molecular weight is 230 g/mol. The van der Waals surface area contributed by atoms with Crippen molar-refractivity contribution in [2.24, 2.45) is 0 Å². The molecule has 0 atom stereocenters. The summed E-state index contributed by atoms with van der Waals surface area (Å²) in [6.07, 6.45) is 5.20. The minimum atomic E-state index is 0.467. The highest BCUT2D eigenvalue weighted by molar-refractivity contribution is 5.66. The van der Waals surface area contributed by atoms with Crippen LogP contribution in [0.1, 0.15) is 11.7 Å². The Morgan fingerprint density at radius 1 is 1.41 bits per heavy atom. The predicted molar refractivity (Wildman–Crippen MR) is 59.3 cm³/mol. The number of rotatable bonds is 3. The Hall–Kier alpha value is -2.44. The van der Waals surface area contributed by atoms with Gasteiger partial charge in [-0.15, -0.1) is 0 Å². The zero-order chi connectivity index (χ0) is 11.7. The fourth-order valence-electron chi connectivity index (χ4n) is 1.57. The molecule has 3 aromatic rings. The normalized spacial score (nSPS) is 10.9. The molecule has 0 aliphatic carbocycles. The van der Waals surface area contributed by atoms with Crippen molar-refractivity contribution in [2.75, 3.05) is 5.32 Å². The maximum absolute atomic E-state index is 4.89. The van der Waals surface area contributed by atoms with Crippen LogP contribution in [-0.4, -0.2) is 24.7 Å². The van der Waals surface area contributed by atoms with E-state index in [0.717, 1.165) is 11.3 Å². The molecule has 3 heterocycles. The van der Waals surface area contributed by atoms with Gasteiger partial charge in [0.15, 0.2) is 11.6 Å². The van der Waals surface area contributed by atoms with Crippen molar-refractivity contribution in [3.05, 3.63) is 36.4 Å². The molecular formula is C10H10N6O. The van der Waals surface area contributed by atoms with Gasteiger partial charge < -0.3 is 9.84 Å². The number of anilines is 1. The SMILES string of the molecule is Cc1nc(CNc2nccn3nccc23)no1. The number of nitrogens with one attached hydrogen (secondary N) is 1. The molecule has 1 N–H and O–H groups in total. The van der Waals surface area contributed by atoms with Crippen molar-refractivity contribution in [1.82, 2.24) is 24.7 Å². The second-order valence-corrected chi connectivity index (χ2v) is 3.52. The van der Waals surface area contributed by atoms with E-state index in [1.54, 1.807) is 30.0 Å². The van der Waals surface area contributed by atoms with E-state index >= 15 is 0 Å². The highest BCUT2D eigenvalue weighted by atomic mass is 16.5. The Bertz CT molecular complexity index is 643. The molecular weight excluding hydrogens is 220 g/mol. The van der Waals surface area contributed by atoms with E-state index < -0.39 is 0 Å². The minimum Gasteiger partial charge on any atom is -0.361 e. The summed E-state index contributed by atoms with van der Waals surface area (Å²) in [6.45, 7) is 2.22. The lowest BCUT2D eigenvalue weighted by molar-refractivity contribution is 0.388. The molecule has 0 unspecified atom stereocenters. The molecule has 3 aromatic heterocycles. The first-order valence-electron chi connectivity index (χ1n) is 5.14. The van der Waals surface area contributed by atoms with Crippen molar-refractivity contribution in [2.45, 2.75) is 13.5 Å². The maximum atomic E-state index is 4.89. The number of nitrogens with zero attached hydrogens (tertiary/aromatic N) is 5. The van der Waals surface area contributed by atoms with Crippen molar-refractivity contribution >= 4 is 11.3 Å². The van der Waals surface area contributed by atoms with Crippen molar-refractivity contribution in [3.63, 3.8) is 0 Å². The average Bonchev–Trinajstić information content (AvgIpc) is 2.94. The predicted octanol–water partition coefficient (Wildman–Crippen LogP) is 1.03. The van der Waals surface area contributed by atoms with Gasteiger partial charge >= 0.3 is 0 Å². The lowest BCUT2D eigenvalue weighted by atomic mass is 10.4. The van der Waals surface area contributed by atoms with Crippen LogP contribution in [0.15, 0.2) is 29.2 Å². The van der Waals surface area contributed by atoms with Gasteiger partial charge in [-0.1, -0.05) is 5.16 Å². The van der Waals surface area contributed by atoms with Gasteiger partial charge in [-0.2, -0.15) is 10.1 Å². The Morgan fingerprint density at radius 2 is 2.35 bits per heavy atom. The molecule has 0 saturated heterocycles. The Kier molecular flexibility index (Phi) is 2.21. The third kappa shape index (κ3) is 1.82. The van der Waals surface area contributed by atoms with E-state index in [2.05, 4.69) is 25.5 Å². The highest BCUT2D eigenvalue weighted by Crippen LogP contribution is 2.12. The third-order valence-electron chi connectivity index (χ3n) is 2.31. The summed E-state index contributed by atoms with van der Waals surface area (Å²) in [4.78, 5) is 8.35. The molecule has 3 rings (SSSR count). The van der Waals surface area contributed by atoms with Crippen LogP contribution < -0.4 is 5.32 Å². The van der Waals surface area contributed by atoms with E-state index in [1.165, 1.54) is 0 Å². The smallest absolute Gasteiger partial charge is 0.223 e. The van der Waals surface area contributed by atoms with E-state index in [-0.39, 0.29) is 0 Å². The van der Waals surface area contributed by atoms with Gasteiger partial charge in [0, 0.05) is 19.3 Å². The van der Waals surface area contributed by atoms with Crippen molar-refractivity contribution in [3.8, 4) is 0 Å². The molecule has 7 heteroatoms. The van der Waals surface area contributed by atoms with Crippen LogP contribution in [0.5, 0.6) is 0 Å². The summed E-state index contributed by atoms with van der Waals surface area (Å²) in [5, 5.41) is 11.1. The first-order valence-corrected chi connectivity index (χ1v) is 5.14. The van der Waals surface area contributed by atoms with E-state index in [9.17, 15) is 0 Å². The van der Waals surface area contributed by atoms with E-state index in [4.69, 9.17) is 4.52 Å². The standard InChI is InChI=1S/C10H10N6O/c1-7-14-9(15-17-7)6-12-10-8-2-3-13-16(8)5-4-11-10/h2-5H,6H2,1H3,(H,11,12). The topological polar surface area (TPSA) is 81.1 Å². The summed E-state index contributed by atoms with van der Waals surface area (Å²) in [5.74, 6) is 1.90. The maximum Gasteiger partial charge on any atom is 0.223 e. The van der Waals surface area contributed by atoms with Crippen LogP contribution in [0.3, 0.4) is 0 Å². The minimum absolute atomic E-state index is 0.467. The van der Waals surface area contributed by atoms with Gasteiger partial charge in [0.1, 0.15) is 5.52 Å². The van der Waals surface area contributed by atoms with Crippen molar-refractivity contribution < 1.29 is 4.52 Å². The van der Waals surface area contributed by atoms with Gasteiger partial charge in [0.05, 0.1) is 12.7 Å². The zero-order valence-electron chi connectivity index (χ0n) is 9.16. The van der Waals surface area contributed by atoms with Gasteiger partial charge in [0.2, 0.25) is 5.89 Å². The largest absolute Gasteiger partial charge is 0.361 e. The fraction of sp³-hybridized carbons (Fsp3) is 0.200. The first-order chi connectivity index (χ1) is 8.33. The van der Waals surface area contributed by atoms with Crippen LogP contribution >= 0.6 is 0 Å². The number of fused-ring (bicyclic) bond motifs is 1. The van der Waals surface area contributed by atoms with Gasteiger partial charge in [0.25, 0.3) is 0 Å². The second-order valence-electron chi connectivity index (χ2n) is 3.52.